The Bertz CT molecular complexity index is 1490. The average molecular weight is 532 g/mol. The summed E-state index contributed by atoms with van der Waals surface area (Å²) in [7, 11) is 0. The Hall–Kier alpha value is -3.87. The molecule has 186 valence electrons. The molecule has 2 heterocycles. The molecule has 1 atom stereocenters. The van der Waals surface area contributed by atoms with Crippen molar-refractivity contribution in [2.45, 2.75) is 6.04 Å². The lowest BCUT2D eigenvalue weighted by Gasteiger charge is -2.42. The van der Waals surface area contributed by atoms with Crippen LogP contribution in [0.1, 0.15) is 32.3 Å². The van der Waals surface area contributed by atoms with Gasteiger partial charge in [-0.15, -0.1) is 0 Å². The number of carbonyl (C=O) groups is 2. The van der Waals surface area contributed by atoms with Crippen LogP contribution in [-0.2, 0) is 0 Å². The fourth-order valence-electron chi connectivity index (χ4n) is 4.56. The van der Waals surface area contributed by atoms with E-state index < -0.39 is 0 Å². The molecule has 6 nitrogen and oxygen atoms in total. The summed E-state index contributed by atoms with van der Waals surface area (Å²) in [5.74, 6) is -0.356. The van der Waals surface area contributed by atoms with E-state index in [1.54, 1.807) is 52.3 Å². The second-order valence-corrected chi connectivity index (χ2v) is 9.69. The molecule has 37 heavy (non-hydrogen) atoms. The van der Waals surface area contributed by atoms with Crippen molar-refractivity contribution in [2.75, 3.05) is 19.6 Å². The van der Waals surface area contributed by atoms with Gasteiger partial charge in [-0.1, -0.05) is 65.7 Å². The van der Waals surface area contributed by atoms with Crippen molar-refractivity contribution in [3.63, 3.8) is 0 Å². The molecule has 0 aliphatic carbocycles. The summed E-state index contributed by atoms with van der Waals surface area (Å²) in [5, 5.41) is 1.14. The molecule has 0 saturated carbocycles. The maximum absolute atomic E-state index is 13.6. The summed E-state index contributed by atoms with van der Waals surface area (Å²) >= 11 is 12.1. The van der Waals surface area contributed by atoms with Crippen molar-refractivity contribution in [3.05, 3.63) is 128 Å². The number of benzene rings is 3. The minimum atomic E-state index is -0.380. The van der Waals surface area contributed by atoms with E-state index in [-0.39, 0.29) is 23.4 Å². The molecular weight excluding hydrogens is 509 g/mol. The Morgan fingerprint density at radius 2 is 1.43 bits per heavy atom. The highest BCUT2D eigenvalue weighted by atomic mass is 35.5. The van der Waals surface area contributed by atoms with Gasteiger partial charge in [0, 0.05) is 47.0 Å². The standard InChI is InChI=1S/C29H23Cl2N3O3/c30-23-10-6-20(7-11-23)26-18-33(14-15-34(26)29(37)21-8-12-24(31)13-9-21)28(36)22-16-25(27(35)32-17-22)19-4-2-1-3-5-19/h1-13,16-17,26H,14-15,18H2,(H,32,35). The van der Waals surface area contributed by atoms with Crippen molar-refractivity contribution in [3.8, 4) is 11.1 Å². The van der Waals surface area contributed by atoms with Gasteiger partial charge in [0.2, 0.25) is 0 Å². The number of aromatic amines is 1. The Morgan fingerprint density at radius 1 is 0.784 bits per heavy atom. The number of hydrogen-bond acceptors (Lipinski definition) is 3. The molecular formula is C29H23Cl2N3O3. The molecule has 0 radical (unpaired) electrons. The van der Waals surface area contributed by atoms with Crippen LogP contribution < -0.4 is 5.56 Å². The number of hydrogen-bond donors (Lipinski definition) is 1. The van der Waals surface area contributed by atoms with Crippen LogP contribution in [0.2, 0.25) is 10.0 Å². The number of amides is 2. The maximum atomic E-state index is 13.6. The van der Waals surface area contributed by atoms with Crippen LogP contribution in [0.4, 0.5) is 0 Å². The molecule has 4 aromatic rings. The summed E-state index contributed by atoms with van der Waals surface area (Å²) < 4.78 is 0. The zero-order chi connectivity index (χ0) is 25.9. The lowest BCUT2D eigenvalue weighted by molar-refractivity contribution is 0.0383. The number of carbonyl (C=O) groups excluding carboxylic acids is 2. The molecule has 1 saturated heterocycles. The lowest BCUT2D eigenvalue weighted by Crippen LogP contribution is -2.52. The number of piperazine rings is 1. The zero-order valence-electron chi connectivity index (χ0n) is 19.7. The number of aromatic nitrogens is 1. The second-order valence-electron chi connectivity index (χ2n) is 8.82. The fraction of sp³-hybridized carbons (Fsp3) is 0.138. The normalized spacial score (nSPS) is 15.5. The monoisotopic (exact) mass is 531 g/mol. The third kappa shape index (κ3) is 5.31. The predicted octanol–water partition coefficient (Wildman–Crippen LogP) is 5.69. The number of halogens is 2. The highest BCUT2D eigenvalue weighted by molar-refractivity contribution is 6.30. The molecule has 8 heteroatoms. The summed E-state index contributed by atoms with van der Waals surface area (Å²) in [6.07, 6.45) is 1.44. The SMILES string of the molecule is O=C(c1c[nH]c(=O)c(-c2ccccc2)c1)N1CCN(C(=O)c2ccc(Cl)cc2)C(c2ccc(Cl)cc2)C1. The first-order valence-electron chi connectivity index (χ1n) is 11.8. The molecule has 0 bridgehead atoms. The first kappa shape index (κ1) is 24.8. The van der Waals surface area contributed by atoms with Gasteiger partial charge >= 0.3 is 0 Å². The van der Waals surface area contributed by atoms with Crippen LogP contribution in [0.25, 0.3) is 11.1 Å². The molecule has 1 unspecified atom stereocenters. The Kier molecular flexibility index (Phi) is 7.12. The zero-order valence-corrected chi connectivity index (χ0v) is 21.2. The van der Waals surface area contributed by atoms with Crippen LogP contribution in [0.5, 0.6) is 0 Å². The van der Waals surface area contributed by atoms with E-state index in [4.69, 9.17) is 23.2 Å². The third-order valence-electron chi connectivity index (χ3n) is 6.51. The number of nitrogens with one attached hydrogen (secondary N) is 1. The highest BCUT2D eigenvalue weighted by Crippen LogP contribution is 2.29. The van der Waals surface area contributed by atoms with E-state index in [2.05, 4.69) is 4.98 Å². The minimum absolute atomic E-state index is 0.140. The average Bonchev–Trinajstić information content (AvgIpc) is 2.93. The third-order valence-corrected chi connectivity index (χ3v) is 7.01. The molecule has 1 aliphatic heterocycles. The van der Waals surface area contributed by atoms with Crippen LogP contribution in [-0.4, -0.2) is 46.2 Å². The van der Waals surface area contributed by atoms with E-state index in [0.29, 0.717) is 46.4 Å². The summed E-state index contributed by atoms with van der Waals surface area (Å²) in [6, 6.07) is 24.5. The summed E-state index contributed by atoms with van der Waals surface area (Å²) in [6.45, 7) is 0.983. The van der Waals surface area contributed by atoms with Crippen LogP contribution >= 0.6 is 23.2 Å². The quantitative estimate of drug-likeness (QED) is 0.367. The molecule has 2 amide bonds. The minimum Gasteiger partial charge on any atom is -0.334 e. The van der Waals surface area contributed by atoms with Crippen molar-refractivity contribution in [1.82, 2.24) is 14.8 Å². The number of nitrogens with zero attached hydrogens (tertiary/aromatic N) is 2. The van der Waals surface area contributed by atoms with Gasteiger partial charge in [0.15, 0.2) is 0 Å². The van der Waals surface area contributed by atoms with Crippen molar-refractivity contribution < 1.29 is 9.59 Å². The second kappa shape index (κ2) is 10.6. The first-order chi connectivity index (χ1) is 17.9. The van der Waals surface area contributed by atoms with E-state index in [1.807, 2.05) is 42.5 Å². The smallest absolute Gasteiger partial charge is 0.255 e. The number of pyridine rings is 1. The molecule has 1 aliphatic rings. The van der Waals surface area contributed by atoms with Crippen molar-refractivity contribution in [1.29, 1.82) is 0 Å². The molecule has 1 aromatic heterocycles. The van der Waals surface area contributed by atoms with Gasteiger partial charge in [0.25, 0.3) is 17.4 Å². The van der Waals surface area contributed by atoms with Crippen LogP contribution in [0.15, 0.2) is 95.9 Å². The van der Waals surface area contributed by atoms with Crippen molar-refractivity contribution >= 4 is 35.0 Å². The van der Waals surface area contributed by atoms with Gasteiger partial charge in [0.05, 0.1) is 11.6 Å². The van der Waals surface area contributed by atoms with E-state index in [0.717, 1.165) is 11.1 Å². The summed E-state index contributed by atoms with van der Waals surface area (Å²) in [5.41, 5.74) is 2.67. The largest absolute Gasteiger partial charge is 0.334 e. The van der Waals surface area contributed by atoms with Gasteiger partial charge < -0.3 is 14.8 Å². The Morgan fingerprint density at radius 3 is 2.11 bits per heavy atom. The maximum Gasteiger partial charge on any atom is 0.255 e. The van der Waals surface area contributed by atoms with Crippen LogP contribution in [0, 0.1) is 0 Å². The Balaban J connectivity index is 1.45. The van der Waals surface area contributed by atoms with E-state index in [9.17, 15) is 14.4 Å². The van der Waals surface area contributed by atoms with Crippen molar-refractivity contribution in [2.24, 2.45) is 0 Å². The molecule has 1 N–H and O–H groups in total. The van der Waals surface area contributed by atoms with E-state index in [1.165, 1.54) is 6.20 Å². The fourth-order valence-corrected chi connectivity index (χ4v) is 4.81. The molecule has 1 fully saturated rings. The first-order valence-corrected chi connectivity index (χ1v) is 12.6. The number of H-pyrrole nitrogens is 1. The van der Waals surface area contributed by atoms with Gasteiger partial charge in [0.1, 0.15) is 0 Å². The highest BCUT2D eigenvalue weighted by Gasteiger charge is 2.34. The van der Waals surface area contributed by atoms with Gasteiger partial charge in [-0.2, -0.15) is 0 Å². The molecule has 3 aromatic carbocycles. The van der Waals surface area contributed by atoms with E-state index >= 15 is 0 Å². The van der Waals surface area contributed by atoms with Gasteiger partial charge in [-0.25, -0.2) is 0 Å². The topological polar surface area (TPSA) is 73.5 Å². The summed E-state index contributed by atoms with van der Waals surface area (Å²) in [4.78, 5) is 45.7. The molecule has 5 rings (SSSR count). The van der Waals surface area contributed by atoms with Gasteiger partial charge in [-0.05, 0) is 53.6 Å². The molecule has 0 spiro atoms. The van der Waals surface area contributed by atoms with Crippen LogP contribution in [0.3, 0.4) is 0 Å². The number of rotatable bonds is 4. The lowest BCUT2D eigenvalue weighted by atomic mass is 10.00. The Labute approximate surface area is 224 Å². The predicted molar refractivity (Wildman–Crippen MR) is 145 cm³/mol. The van der Waals surface area contributed by atoms with Gasteiger partial charge in [-0.3, -0.25) is 14.4 Å².